The molecule has 2 heterocycles. The first-order chi connectivity index (χ1) is 12.5. The molecule has 26 heavy (non-hydrogen) atoms. The first kappa shape index (κ1) is 18.1. The largest absolute Gasteiger partial charge is 0.497 e. The maximum Gasteiger partial charge on any atom is 0.326 e. The number of esters is 1. The van der Waals surface area contributed by atoms with Crippen LogP contribution < -0.4 is 10.3 Å². The number of nitrogens with zero attached hydrogens (tertiary/aromatic N) is 2. The molecule has 0 saturated heterocycles. The molecule has 6 nitrogen and oxygen atoms in total. The molecular formula is C19H20N2O4S. The second-order valence-corrected chi connectivity index (χ2v) is 6.80. The first-order valence-corrected chi connectivity index (χ1v) is 9.22. The first-order valence-electron chi connectivity index (χ1n) is 8.34. The van der Waals surface area contributed by atoms with Gasteiger partial charge in [-0.25, -0.2) is 4.98 Å². The zero-order valence-electron chi connectivity index (χ0n) is 14.9. The van der Waals surface area contributed by atoms with Crippen LogP contribution in [0, 0.1) is 0 Å². The summed E-state index contributed by atoms with van der Waals surface area (Å²) in [6.45, 7) is 3.61. The molecule has 0 N–H and O–H groups in total. The summed E-state index contributed by atoms with van der Waals surface area (Å²) in [5.74, 6) is 0.306. The number of fused-ring (bicyclic) bond motifs is 1. The number of benzene rings is 1. The average Bonchev–Trinajstić information content (AvgIpc) is 3.08. The summed E-state index contributed by atoms with van der Waals surface area (Å²) in [5, 5.41) is 2.42. The minimum absolute atomic E-state index is 0.149. The fourth-order valence-electron chi connectivity index (χ4n) is 2.55. The molecule has 3 aromatic rings. The van der Waals surface area contributed by atoms with Gasteiger partial charge >= 0.3 is 5.97 Å². The standard InChI is InChI=1S/C19H20N2O4S/c1-4-12(2)25-16(22)9-21-11-20-18-17(19(21)23)15(10-26-18)13-5-7-14(24-3)8-6-13/h5-8,10-12H,4,9H2,1-3H3. The molecule has 2 aromatic heterocycles. The molecule has 0 aliphatic rings. The molecule has 0 saturated carbocycles. The number of hydrogen-bond acceptors (Lipinski definition) is 6. The average molecular weight is 372 g/mol. The van der Waals surface area contributed by atoms with Crippen molar-refractivity contribution in [2.45, 2.75) is 32.9 Å². The second kappa shape index (κ2) is 7.70. The predicted octanol–water partition coefficient (Wildman–Crippen LogP) is 3.48. The number of rotatable bonds is 6. The zero-order chi connectivity index (χ0) is 18.7. The van der Waals surface area contributed by atoms with Crippen molar-refractivity contribution in [3.8, 4) is 16.9 Å². The zero-order valence-corrected chi connectivity index (χ0v) is 15.7. The number of hydrogen-bond donors (Lipinski definition) is 0. The molecule has 0 radical (unpaired) electrons. The van der Waals surface area contributed by atoms with E-state index in [1.54, 1.807) is 7.11 Å². The van der Waals surface area contributed by atoms with E-state index in [-0.39, 0.29) is 18.2 Å². The Morgan fingerprint density at radius 3 is 2.69 bits per heavy atom. The molecule has 7 heteroatoms. The smallest absolute Gasteiger partial charge is 0.326 e. The lowest BCUT2D eigenvalue weighted by atomic mass is 10.1. The molecular weight excluding hydrogens is 352 g/mol. The molecule has 1 atom stereocenters. The third-order valence-corrected chi connectivity index (χ3v) is 5.06. The van der Waals surface area contributed by atoms with Crippen molar-refractivity contribution < 1.29 is 14.3 Å². The van der Waals surface area contributed by atoms with Gasteiger partial charge in [0.1, 0.15) is 17.1 Å². The molecule has 0 amide bonds. The lowest BCUT2D eigenvalue weighted by Gasteiger charge is -2.11. The van der Waals surface area contributed by atoms with E-state index in [1.807, 2.05) is 43.5 Å². The van der Waals surface area contributed by atoms with Crippen molar-refractivity contribution in [2.75, 3.05) is 7.11 Å². The van der Waals surface area contributed by atoms with Crippen LogP contribution in [0.1, 0.15) is 20.3 Å². The Bertz CT molecular complexity index is 975. The summed E-state index contributed by atoms with van der Waals surface area (Å²) in [6, 6.07) is 7.48. The highest BCUT2D eigenvalue weighted by molar-refractivity contribution is 7.17. The van der Waals surface area contributed by atoms with E-state index < -0.39 is 5.97 Å². The van der Waals surface area contributed by atoms with Crippen LogP contribution in [0.25, 0.3) is 21.3 Å². The highest BCUT2D eigenvalue weighted by Gasteiger charge is 2.16. The summed E-state index contributed by atoms with van der Waals surface area (Å²) in [6.07, 6.45) is 1.95. The van der Waals surface area contributed by atoms with Crippen molar-refractivity contribution in [2.24, 2.45) is 0 Å². The Morgan fingerprint density at radius 1 is 1.31 bits per heavy atom. The highest BCUT2D eigenvalue weighted by Crippen LogP contribution is 2.31. The maximum atomic E-state index is 12.9. The van der Waals surface area contributed by atoms with Crippen LogP contribution in [0.15, 0.2) is 40.8 Å². The third kappa shape index (κ3) is 3.62. The van der Waals surface area contributed by atoms with E-state index in [0.717, 1.165) is 23.3 Å². The van der Waals surface area contributed by atoms with E-state index in [2.05, 4.69) is 4.98 Å². The fourth-order valence-corrected chi connectivity index (χ4v) is 3.45. The van der Waals surface area contributed by atoms with E-state index >= 15 is 0 Å². The Balaban J connectivity index is 1.97. The van der Waals surface area contributed by atoms with Gasteiger partial charge in [0.05, 0.1) is 24.9 Å². The van der Waals surface area contributed by atoms with Gasteiger partial charge in [0.15, 0.2) is 0 Å². The van der Waals surface area contributed by atoms with Crippen LogP contribution in [0.3, 0.4) is 0 Å². The van der Waals surface area contributed by atoms with Gasteiger partial charge in [-0.2, -0.15) is 0 Å². The SMILES string of the molecule is CCC(C)OC(=O)Cn1cnc2scc(-c3ccc(OC)cc3)c2c1=O. The van der Waals surface area contributed by atoms with Gasteiger partial charge in [0.25, 0.3) is 5.56 Å². The Labute approximate surface area is 155 Å². The Morgan fingerprint density at radius 2 is 2.04 bits per heavy atom. The Hall–Kier alpha value is -2.67. The van der Waals surface area contributed by atoms with Gasteiger partial charge in [-0.3, -0.25) is 14.2 Å². The molecule has 0 aliphatic carbocycles. The van der Waals surface area contributed by atoms with Crippen molar-refractivity contribution in [1.82, 2.24) is 9.55 Å². The number of aromatic nitrogens is 2. The van der Waals surface area contributed by atoms with Crippen LogP contribution in [0.4, 0.5) is 0 Å². The van der Waals surface area contributed by atoms with Crippen LogP contribution in [0.5, 0.6) is 5.75 Å². The van der Waals surface area contributed by atoms with Crippen LogP contribution in [-0.2, 0) is 16.1 Å². The summed E-state index contributed by atoms with van der Waals surface area (Å²) < 4.78 is 11.7. The summed E-state index contributed by atoms with van der Waals surface area (Å²) in [4.78, 5) is 29.9. The van der Waals surface area contributed by atoms with Crippen molar-refractivity contribution >= 4 is 27.5 Å². The topological polar surface area (TPSA) is 70.4 Å². The maximum absolute atomic E-state index is 12.9. The van der Waals surface area contributed by atoms with Crippen molar-refractivity contribution in [3.05, 3.63) is 46.3 Å². The van der Waals surface area contributed by atoms with E-state index in [1.165, 1.54) is 22.2 Å². The van der Waals surface area contributed by atoms with Gasteiger partial charge in [-0.15, -0.1) is 11.3 Å². The van der Waals surface area contributed by atoms with E-state index in [0.29, 0.717) is 10.2 Å². The highest BCUT2D eigenvalue weighted by atomic mass is 32.1. The minimum atomic E-state index is -0.441. The van der Waals surface area contributed by atoms with E-state index in [9.17, 15) is 9.59 Å². The van der Waals surface area contributed by atoms with Gasteiger partial charge < -0.3 is 9.47 Å². The summed E-state index contributed by atoms with van der Waals surface area (Å²) in [7, 11) is 1.61. The van der Waals surface area contributed by atoms with Crippen molar-refractivity contribution in [3.63, 3.8) is 0 Å². The molecule has 0 spiro atoms. The van der Waals surface area contributed by atoms with Crippen LogP contribution in [-0.4, -0.2) is 28.7 Å². The monoisotopic (exact) mass is 372 g/mol. The molecule has 1 unspecified atom stereocenters. The van der Waals surface area contributed by atoms with Gasteiger partial charge in [-0.1, -0.05) is 19.1 Å². The molecule has 0 fully saturated rings. The Kier molecular flexibility index (Phi) is 5.37. The van der Waals surface area contributed by atoms with Gasteiger partial charge in [0.2, 0.25) is 0 Å². The normalized spacial score (nSPS) is 12.1. The number of carbonyl (C=O) groups is 1. The number of methoxy groups -OCH3 is 1. The molecule has 0 aliphatic heterocycles. The summed E-state index contributed by atoms with van der Waals surface area (Å²) in [5.41, 5.74) is 1.45. The predicted molar refractivity (Wildman–Crippen MR) is 102 cm³/mol. The molecule has 0 bridgehead atoms. The summed E-state index contributed by atoms with van der Waals surface area (Å²) >= 11 is 1.40. The van der Waals surface area contributed by atoms with E-state index in [4.69, 9.17) is 9.47 Å². The lowest BCUT2D eigenvalue weighted by Crippen LogP contribution is -2.27. The molecule has 136 valence electrons. The second-order valence-electron chi connectivity index (χ2n) is 5.94. The number of thiophene rings is 1. The molecule has 1 aromatic carbocycles. The third-order valence-electron chi connectivity index (χ3n) is 4.17. The van der Waals surface area contributed by atoms with Gasteiger partial charge in [0, 0.05) is 10.9 Å². The minimum Gasteiger partial charge on any atom is -0.497 e. The molecule has 3 rings (SSSR count). The fraction of sp³-hybridized carbons (Fsp3) is 0.316. The number of carbonyl (C=O) groups excluding carboxylic acids is 1. The van der Waals surface area contributed by atoms with Crippen LogP contribution in [0.2, 0.25) is 0 Å². The quantitative estimate of drug-likeness (QED) is 0.620. The number of ether oxygens (including phenoxy) is 2. The van der Waals surface area contributed by atoms with Gasteiger partial charge in [-0.05, 0) is 31.0 Å². The van der Waals surface area contributed by atoms with Crippen LogP contribution >= 0.6 is 11.3 Å². The van der Waals surface area contributed by atoms with Crippen molar-refractivity contribution in [1.29, 1.82) is 0 Å². The lowest BCUT2D eigenvalue weighted by molar-refractivity contribution is -0.149.